The Hall–Kier alpha value is -2.00. The van der Waals surface area contributed by atoms with Gasteiger partial charge in [0.1, 0.15) is 18.1 Å². The highest BCUT2D eigenvalue weighted by Crippen LogP contribution is 2.22. The topological polar surface area (TPSA) is 38.7 Å². The molecule has 2 aromatic rings. The van der Waals surface area contributed by atoms with Crippen molar-refractivity contribution in [3.63, 3.8) is 0 Å². The molecule has 0 aliphatic heterocycles. The third-order valence-electron chi connectivity index (χ3n) is 3.25. The summed E-state index contributed by atoms with van der Waals surface area (Å²) >= 11 is 0. The van der Waals surface area contributed by atoms with Crippen molar-refractivity contribution in [3.05, 3.63) is 59.2 Å². The minimum Gasteiger partial charge on any atom is -0.496 e. The molecule has 0 saturated carbocycles. The maximum atomic E-state index is 9.19. The first-order valence-corrected chi connectivity index (χ1v) is 6.75. The zero-order chi connectivity index (χ0) is 14.4. The van der Waals surface area contributed by atoms with E-state index >= 15 is 0 Å². The fourth-order valence-corrected chi connectivity index (χ4v) is 2.03. The number of hydrogen-bond donors (Lipinski definition) is 1. The minimum absolute atomic E-state index is 0.0161. The van der Waals surface area contributed by atoms with E-state index in [0.717, 1.165) is 29.0 Å². The van der Waals surface area contributed by atoms with Crippen molar-refractivity contribution in [2.24, 2.45) is 0 Å². The smallest absolute Gasteiger partial charge is 0.125 e. The van der Waals surface area contributed by atoms with Gasteiger partial charge in [-0.25, -0.2) is 0 Å². The van der Waals surface area contributed by atoms with Crippen LogP contribution in [0.5, 0.6) is 11.5 Å². The summed E-state index contributed by atoms with van der Waals surface area (Å²) in [5.74, 6) is 1.60. The minimum atomic E-state index is 0.0161. The standard InChI is InChI=1S/C17H20O3/c1-3-13-4-7-16(8-5-13)20-12-15-10-14(11-18)6-9-17(15)19-2/h4-10,18H,3,11-12H2,1-2H3. The van der Waals surface area contributed by atoms with Gasteiger partial charge in [-0.2, -0.15) is 0 Å². The summed E-state index contributed by atoms with van der Waals surface area (Å²) < 4.78 is 11.1. The second kappa shape index (κ2) is 6.96. The number of hydrogen-bond acceptors (Lipinski definition) is 3. The molecular weight excluding hydrogens is 252 g/mol. The largest absolute Gasteiger partial charge is 0.496 e. The lowest BCUT2D eigenvalue weighted by molar-refractivity contribution is 0.278. The fraction of sp³-hybridized carbons (Fsp3) is 0.294. The summed E-state index contributed by atoms with van der Waals surface area (Å²) in [5, 5.41) is 9.19. The zero-order valence-corrected chi connectivity index (χ0v) is 11.9. The summed E-state index contributed by atoms with van der Waals surface area (Å²) in [6, 6.07) is 13.7. The summed E-state index contributed by atoms with van der Waals surface area (Å²) in [5.41, 5.74) is 3.07. The SMILES string of the molecule is CCc1ccc(OCc2cc(CO)ccc2OC)cc1. The third-order valence-corrected chi connectivity index (χ3v) is 3.25. The van der Waals surface area contributed by atoms with Crippen LogP contribution >= 0.6 is 0 Å². The van der Waals surface area contributed by atoms with Crippen LogP contribution in [0, 0.1) is 0 Å². The lowest BCUT2D eigenvalue weighted by Crippen LogP contribution is -2.00. The van der Waals surface area contributed by atoms with Crippen LogP contribution in [-0.4, -0.2) is 12.2 Å². The molecule has 0 aliphatic carbocycles. The summed E-state index contributed by atoms with van der Waals surface area (Å²) in [4.78, 5) is 0. The average molecular weight is 272 g/mol. The molecule has 0 aliphatic rings. The van der Waals surface area contributed by atoms with Gasteiger partial charge in [-0.15, -0.1) is 0 Å². The molecule has 3 heteroatoms. The first-order valence-electron chi connectivity index (χ1n) is 6.75. The van der Waals surface area contributed by atoms with Crippen molar-refractivity contribution in [2.45, 2.75) is 26.6 Å². The molecule has 0 heterocycles. The molecule has 0 amide bonds. The first kappa shape index (κ1) is 14.4. The normalized spacial score (nSPS) is 10.3. The van der Waals surface area contributed by atoms with Crippen LogP contribution in [0.2, 0.25) is 0 Å². The first-order chi connectivity index (χ1) is 9.76. The van der Waals surface area contributed by atoms with Crippen LogP contribution in [-0.2, 0) is 19.6 Å². The second-order valence-electron chi connectivity index (χ2n) is 4.59. The molecule has 2 aromatic carbocycles. The van der Waals surface area contributed by atoms with E-state index in [1.54, 1.807) is 7.11 Å². The third kappa shape index (κ3) is 3.52. The Morgan fingerprint density at radius 3 is 2.30 bits per heavy atom. The molecule has 106 valence electrons. The molecule has 0 aromatic heterocycles. The van der Waals surface area contributed by atoms with E-state index in [1.807, 2.05) is 30.3 Å². The molecule has 0 unspecified atom stereocenters. The average Bonchev–Trinajstić information content (AvgIpc) is 2.53. The molecule has 2 rings (SSSR count). The highest BCUT2D eigenvalue weighted by Gasteiger charge is 2.05. The van der Waals surface area contributed by atoms with E-state index in [1.165, 1.54) is 5.56 Å². The molecule has 0 bridgehead atoms. The fourth-order valence-electron chi connectivity index (χ4n) is 2.03. The summed E-state index contributed by atoms with van der Waals surface area (Å²) in [6.07, 6.45) is 1.02. The Balaban J connectivity index is 2.08. The zero-order valence-electron chi connectivity index (χ0n) is 11.9. The molecule has 0 saturated heterocycles. The molecule has 0 spiro atoms. The van der Waals surface area contributed by atoms with Crippen molar-refractivity contribution in [3.8, 4) is 11.5 Å². The van der Waals surface area contributed by atoms with Gasteiger partial charge in [-0.05, 0) is 41.8 Å². The van der Waals surface area contributed by atoms with E-state index in [9.17, 15) is 5.11 Å². The molecule has 20 heavy (non-hydrogen) atoms. The van der Waals surface area contributed by atoms with Gasteiger partial charge in [-0.1, -0.05) is 25.1 Å². The van der Waals surface area contributed by atoms with Crippen LogP contribution in [0.25, 0.3) is 0 Å². The Morgan fingerprint density at radius 1 is 1.00 bits per heavy atom. The van der Waals surface area contributed by atoms with Crippen molar-refractivity contribution in [1.82, 2.24) is 0 Å². The van der Waals surface area contributed by atoms with Crippen LogP contribution in [0.15, 0.2) is 42.5 Å². The highest BCUT2D eigenvalue weighted by molar-refractivity contribution is 5.37. The Morgan fingerprint density at radius 2 is 1.70 bits per heavy atom. The number of rotatable bonds is 6. The summed E-state index contributed by atoms with van der Waals surface area (Å²) in [6.45, 7) is 2.56. The lowest BCUT2D eigenvalue weighted by atomic mass is 10.1. The maximum absolute atomic E-state index is 9.19. The van der Waals surface area contributed by atoms with E-state index in [-0.39, 0.29) is 6.61 Å². The van der Waals surface area contributed by atoms with Crippen molar-refractivity contribution in [1.29, 1.82) is 0 Å². The molecule has 0 radical (unpaired) electrons. The van der Waals surface area contributed by atoms with Crippen LogP contribution in [0.1, 0.15) is 23.6 Å². The van der Waals surface area contributed by atoms with E-state index in [2.05, 4.69) is 19.1 Å². The van der Waals surface area contributed by atoms with Gasteiger partial charge in [0, 0.05) is 5.56 Å². The van der Waals surface area contributed by atoms with Crippen LogP contribution in [0.4, 0.5) is 0 Å². The van der Waals surface area contributed by atoms with Crippen molar-refractivity contribution < 1.29 is 14.6 Å². The van der Waals surface area contributed by atoms with E-state index < -0.39 is 0 Å². The number of ether oxygens (including phenoxy) is 2. The van der Waals surface area contributed by atoms with Crippen molar-refractivity contribution in [2.75, 3.05) is 7.11 Å². The number of aliphatic hydroxyl groups is 1. The van der Waals surface area contributed by atoms with Crippen molar-refractivity contribution >= 4 is 0 Å². The van der Waals surface area contributed by atoms with Gasteiger partial charge >= 0.3 is 0 Å². The molecular formula is C17H20O3. The number of methoxy groups -OCH3 is 1. The number of aryl methyl sites for hydroxylation is 1. The molecule has 0 fully saturated rings. The maximum Gasteiger partial charge on any atom is 0.125 e. The van der Waals surface area contributed by atoms with Gasteiger partial charge in [0.05, 0.1) is 13.7 Å². The number of benzene rings is 2. The quantitative estimate of drug-likeness (QED) is 0.876. The Labute approximate surface area is 119 Å². The molecule has 1 N–H and O–H groups in total. The number of aliphatic hydroxyl groups excluding tert-OH is 1. The monoisotopic (exact) mass is 272 g/mol. The van der Waals surface area contributed by atoms with Gasteiger partial charge in [0.15, 0.2) is 0 Å². The van der Waals surface area contributed by atoms with Crippen LogP contribution < -0.4 is 9.47 Å². The Bertz CT molecular complexity index is 547. The van der Waals surface area contributed by atoms with Gasteiger partial charge in [-0.3, -0.25) is 0 Å². The van der Waals surface area contributed by atoms with E-state index in [4.69, 9.17) is 9.47 Å². The molecule has 0 atom stereocenters. The van der Waals surface area contributed by atoms with Gasteiger partial charge in [0.2, 0.25) is 0 Å². The van der Waals surface area contributed by atoms with Gasteiger partial charge in [0.25, 0.3) is 0 Å². The van der Waals surface area contributed by atoms with Gasteiger partial charge < -0.3 is 14.6 Å². The van der Waals surface area contributed by atoms with Crippen LogP contribution in [0.3, 0.4) is 0 Å². The molecule has 3 nitrogen and oxygen atoms in total. The second-order valence-corrected chi connectivity index (χ2v) is 4.59. The highest BCUT2D eigenvalue weighted by atomic mass is 16.5. The summed E-state index contributed by atoms with van der Waals surface area (Å²) in [7, 11) is 1.63. The predicted octanol–water partition coefficient (Wildman–Crippen LogP) is 3.33. The van der Waals surface area contributed by atoms with E-state index in [0.29, 0.717) is 6.61 Å². The lowest BCUT2D eigenvalue weighted by Gasteiger charge is -2.12. The predicted molar refractivity (Wildman–Crippen MR) is 79.1 cm³/mol. The Kier molecular flexibility index (Phi) is 5.02.